The van der Waals surface area contributed by atoms with E-state index < -0.39 is 6.10 Å². The molecule has 1 aromatic rings. The fourth-order valence-electron chi connectivity index (χ4n) is 1.99. The normalized spacial score (nSPS) is 12.1. The van der Waals surface area contributed by atoms with Gasteiger partial charge in [0.1, 0.15) is 0 Å². The monoisotopic (exact) mass is 274 g/mol. The van der Waals surface area contributed by atoms with Gasteiger partial charge in [0, 0.05) is 26.2 Å². The van der Waals surface area contributed by atoms with Crippen LogP contribution in [0, 0.1) is 11.3 Å². The summed E-state index contributed by atoms with van der Waals surface area (Å²) in [4.78, 5) is 2.08. The van der Waals surface area contributed by atoms with Gasteiger partial charge >= 0.3 is 0 Å². The van der Waals surface area contributed by atoms with Crippen LogP contribution in [0.2, 0.25) is 0 Å². The molecule has 108 valence electrons. The molecule has 1 aromatic carbocycles. The molecule has 0 spiro atoms. The van der Waals surface area contributed by atoms with Gasteiger partial charge < -0.3 is 9.84 Å². The van der Waals surface area contributed by atoms with Crippen molar-refractivity contribution < 1.29 is 9.84 Å². The Morgan fingerprint density at radius 3 is 3.00 bits per heavy atom. The lowest BCUT2D eigenvalue weighted by molar-refractivity contribution is 0.0218. The lowest BCUT2D eigenvalue weighted by Gasteiger charge is -2.23. The van der Waals surface area contributed by atoms with E-state index in [2.05, 4.69) is 17.5 Å². The van der Waals surface area contributed by atoms with Gasteiger partial charge in [-0.15, -0.1) is 6.58 Å². The molecule has 0 saturated heterocycles. The molecule has 1 rings (SSSR count). The Bertz CT molecular complexity index is 454. The van der Waals surface area contributed by atoms with Crippen LogP contribution in [0.15, 0.2) is 36.9 Å². The molecule has 0 amide bonds. The molecular weight excluding hydrogens is 252 g/mol. The Morgan fingerprint density at radius 2 is 2.35 bits per heavy atom. The third kappa shape index (κ3) is 5.98. The largest absolute Gasteiger partial charge is 0.389 e. The second-order valence-electron chi connectivity index (χ2n) is 4.61. The van der Waals surface area contributed by atoms with Crippen molar-refractivity contribution >= 4 is 0 Å². The quantitative estimate of drug-likeness (QED) is 0.699. The summed E-state index contributed by atoms with van der Waals surface area (Å²) in [5.74, 6) is 0. The van der Waals surface area contributed by atoms with Crippen molar-refractivity contribution in [1.82, 2.24) is 4.90 Å². The van der Waals surface area contributed by atoms with Crippen LogP contribution in [0.4, 0.5) is 0 Å². The number of aliphatic hydroxyl groups is 1. The lowest BCUT2D eigenvalue weighted by atomic mass is 10.1. The smallest absolute Gasteiger partial charge is 0.0991 e. The Hall–Kier alpha value is -1.67. The van der Waals surface area contributed by atoms with Gasteiger partial charge in [-0.2, -0.15) is 5.26 Å². The number of hydrogen-bond donors (Lipinski definition) is 1. The van der Waals surface area contributed by atoms with E-state index in [-0.39, 0.29) is 0 Å². The molecule has 0 aromatic heterocycles. The Labute approximate surface area is 120 Å². The number of benzene rings is 1. The van der Waals surface area contributed by atoms with Gasteiger partial charge in [-0.05, 0) is 24.6 Å². The fourth-order valence-corrected chi connectivity index (χ4v) is 1.99. The Kier molecular flexibility index (Phi) is 7.59. The van der Waals surface area contributed by atoms with Crippen molar-refractivity contribution in [3.8, 4) is 6.07 Å². The standard InChI is InChI=1S/C16H22N2O2/c1-3-8-18(12-16(19)13-20-4-2)11-15-7-5-6-14(9-15)10-17/h3,5-7,9,16,19H,1,4,8,11-13H2,2H3. The first-order chi connectivity index (χ1) is 9.69. The van der Waals surface area contributed by atoms with Gasteiger partial charge in [-0.1, -0.05) is 18.2 Å². The zero-order valence-electron chi connectivity index (χ0n) is 12.0. The van der Waals surface area contributed by atoms with Crippen LogP contribution >= 0.6 is 0 Å². The van der Waals surface area contributed by atoms with Gasteiger partial charge in [-0.3, -0.25) is 4.90 Å². The van der Waals surface area contributed by atoms with Crippen molar-refractivity contribution in [3.63, 3.8) is 0 Å². The highest BCUT2D eigenvalue weighted by atomic mass is 16.5. The minimum Gasteiger partial charge on any atom is -0.389 e. The third-order valence-corrected chi connectivity index (χ3v) is 2.83. The molecule has 0 radical (unpaired) electrons. The van der Waals surface area contributed by atoms with Crippen molar-refractivity contribution in [2.45, 2.75) is 19.6 Å². The van der Waals surface area contributed by atoms with Crippen LogP contribution in [-0.4, -0.2) is 42.4 Å². The van der Waals surface area contributed by atoms with Gasteiger partial charge in [0.05, 0.1) is 24.3 Å². The Balaban J connectivity index is 2.61. The highest BCUT2D eigenvalue weighted by Gasteiger charge is 2.11. The molecule has 0 fully saturated rings. The number of hydrogen-bond acceptors (Lipinski definition) is 4. The first-order valence-corrected chi connectivity index (χ1v) is 6.77. The predicted molar refractivity (Wildman–Crippen MR) is 79.1 cm³/mol. The fraction of sp³-hybridized carbons (Fsp3) is 0.438. The maximum absolute atomic E-state index is 9.90. The number of rotatable bonds is 9. The number of nitrogens with zero attached hydrogens (tertiary/aromatic N) is 2. The van der Waals surface area contributed by atoms with Crippen LogP contribution in [0.25, 0.3) is 0 Å². The predicted octanol–water partition coefficient (Wildman–Crippen LogP) is 1.94. The van der Waals surface area contributed by atoms with E-state index >= 15 is 0 Å². The van der Waals surface area contributed by atoms with Gasteiger partial charge in [-0.25, -0.2) is 0 Å². The van der Waals surface area contributed by atoms with Crippen LogP contribution in [0.5, 0.6) is 0 Å². The highest BCUT2D eigenvalue weighted by molar-refractivity contribution is 5.32. The molecule has 0 bridgehead atoms. The summed E-state index contributed by atoms with van der Waals surface area (Å²) in [5.41, 5.74) is 1.70. The molecule has 0 saturated carbocycles. The SMILES string of the molecule is C=CCN(Cc1cccc(C#N)c1)CC(O)COCC. The van der Waals surface area contributed by atoms with E-state index in [4.69, 9.17) is 10.00 Å². The average molecular weight is 274 g/mol. The molecule has 1 N–H and O–H groups in total. The molecule has 20 heavy (non-hydrogen) atoms. The summed E-state index contributed by atoms with van der Waals surface area (Å²) >= 11 is 0. The molecule has 4 heteroatoms. The van der Waals surface area contributed by atoms with Crippen LogP contribution in [0.3, 0.4) is 0 Å². The molecule has 0 aliphatic rings. The molecule has 0 heterocycles. The number of ether oxygens (including phenoxy) is 1. The van der Waals surface area contributed by atoms with Crippen molar-refractivity contribution in [3.05, 3.63) is 48.0 Å². The lowest BCUT2D eigenvalue weighted by Crippen LogP contribution is -2.34. The highest BCUT2D eigenvalue weighted by Crippen LogP contribution is 2.08. The van der Waals surface area contributed by atoms with Gasteiger partial charge in [0.2, 0.25) is 0 Å². The number of nitriles is 1. The van der Waals surface area contributed by atoms with Crippen LogP contribution in [0.1, 0.15) is 18.1 Å². The van der Waals surface area contributed by atoms with Crippen molar-refractivity contribution in [2.24, 2.45) is 0 Å². The van der Waals surface area contributed by atoms with E-state index in [1.54, 1.807) is 6.07 Å². The van der Waals surface area contributed by atoms with Crippen molar-refractivity contribution in [1.29, 1.82) is 5.26 Å². The molecular formula is C16H22N2O2. The molecule has 1 unspecified atom stereocenters. The zero-order chi connectivity index (χ0) is 14.8. The number of aliphatic hydroxyl groups excluding tert-OH is 1. The molecule has 0 aliphatic heterocycles. The maximum Gasteiger partial charge on any atom is 0.0991 e. The topological polar surface area (TPSA) is 56.5 Å². The van der Waals surface area contributed by atoms with E-state index in [0.29, 0.717) is 38.4 Å². The first kappa shape index (κ1) is 16.4. The summed E-state index contributed by atoms with van der Waals surface area (Å²) in [6.07, 6.45) is 1.29. The minimum absolute atomic E-state index is 0.336. The zero-order valence-corrected chi connectivity index (χ0v) is 12.0. The maximum atomic E-state index is 9.90. The van der Waals surface area contributed by atoms with Crippen LogP contribution in [-0.2, 0) is 11.3 Å². The summed E-state index contributed by atoms with van der Waals surface area (Å²) in [6, 6.07) is 9.63. The van der Waals surface area contributed by atoms with E-state index in [1.807, 2.05) is 31.2 Å². The van der Waals surface area contributed by atoms with Crippen molar-refractivity contribution in [2.75, 3.05) is 26.3 Å². The van der Waals surface area contributed by atoms with Gasteiger partial charge in [0.25, 0.3) is 0 Å². The molecule has 1 atom stereocenters. The van der Waals surface area contributed by atoms with Crippen LogP contribution < -0.4 is 0 Å². The second-order valence-corrected chi connectivity index (χ2v) is 4.61. The minimum atomic E-state index is -0.519. The first-order valence-electron chi connectivity index (χ1n) is 6.77. The Morgan fingerprint density at radius 1 is 1.55 bits per heavy atom. The van der Waals surface area contributed by atoms with E-state index in [0.717, 1.165) is 5.56 Å². The summed E-state index contributed by atoms with van der Waals surface area (Å²) in [5, 5.41) is 18.8. The average Bonchev–Trinajstić information content (AvgIpc) is 2.45. The summed E-state index contributed by atoms with van der Waals surface area (Å²) in [6.45, 7) is 8.45. The van der Waals surface area contributed by atoms with Gasteiger partial charge in [0.15, 0.2) is 0 Å². The summed E-state index contributed by atoms with van der Waals surface area (Å²) in [7, 11) is 0. The second kappa shape index (κ2) is 9.27. The molecule has 4 nitrogen and oxygen atoms in total. The third-order valence-electron chi connectivity index (χ3n) is 2.83. The van der Waals surface area contributed by atoms with E-state index in [1.165, 1.54) is 0 Å². The molecule has 0 aliphatic carbocycles. The summed E-state index contributed by atoms with van der Waals surface area (Å²) < 4.78 is 5.22. The van der Waals surface area contributed by atoms with E-state index in [9.17, 15) is 5.11 Å².